The van der Waals surface area contributed by atoms with E-state index >= 15 is 0 Å². The van der Waals surface area contributed by atoms with Crippen LogP contribution in [-0.2, 0) is 16.6 Å². The average Bonchev–Trinajstić information content (AvgIpc) is 2.92. The summed E-state index contributed by atoms with van der Waals surface area (Å²) in [5.74, 6) is 0.939. The molecule has 2 aromatic rings. The smallest absolute Gasteiger partial charge is 0.212 e. The van der Waals surface area contributed by atoms with Gasteiger partial charge in [-0.25, -0.2) is 18.1 Å². The van der Waals surface area contributed by atoms with E-state index in [0.717, 1.165) is 6.26 Å². The van der Waals surface area contributed by atoms with Crippen molar-refractivity contribution in [3.8, 4) is 11.5 Å². The molecule has 2 heterocycles. The molecule has 0 spiro atoms. The molecule has 0 atom stereocenters. The number of nitrogens with zero attached hydrogens (tertiary/aromatic N) is 2. The summed E-state index contributed by atoms with van der Waals surface area (Å²) in [4.78, 5) is 8.01. The SMILES string of the molecule is CS(=O)(=O)NCc1ccc(-c2csc(N=C(N)N)n2)o1. The third kappa shape index (κ3) is 4.05. The number of hydrogen-bond donors (Lipinski definition) is 3. The molecule has 0 aliphatic heterocycles. The van der Waals surface area contributed by atoms with Gasteiger partial charge < -0.3 is 15.9 Å². The topological polar surface area (TPSA) is 137 Å². The van der Waals surface area contributed by atoms with Crippen molar-refractivity contribution in [1.82, 2.24) is 9.71 Å². The second-order valence-electron chi connectivity index (χ2n) is 3.91. The molecule has 8 nitrogen and oxygen atoms in total. The van der Waals surface area contributed by atoms with Crippen LogP contribution in [0.5, 0.6) is 0 Å². The van der Waals surface area contributed by atoms with Gasteiger partial charge in [-0.1, -0.05) is 0 Å². The second kappa shape index (κ2) is 5.61. The van der Waals surface area contributed by atoms with Gasteiger partial charge in [0.25, 0.3) is 0 Å². The highest BCUT2D eigenvalue weighted by Crippen LogP contribution is 2.27. The number of rotatable bonds is 5. The van der Waals surface area contributed by atoms with Crippen LogP contribution in [0, 0.1) is 0 Å². The van der Waals surface area contributed by atoms with Gasteiger partial charge in [0, 0.05) is 5.38 Å². The van der Waals surface area contributed by atoms with E-state index in [1.165, 1.54) is 11.3 Å². The minimum absolute atomic E-state index is 0.0663. The van der Waals surface area contributed by atoms with Gasteiger partial charge in [-0.2, -0.15) is 4.99 Å². The molecule has 0 aliphatic rings. The standard InChI is InChI=1S/C10H13N5O3S2/c1-20(16,17)13-4-6-2-3-8(18-6)7-5-19-10(14-7)15-9(11)12/h2-3,5,13H,4H2,1H3,(H4,11,12,14,15). The first-order valence-corrected chi connectivity index (χ1v) is 8.19. The Kier molecular flexibility index (Phi) is 4.06. The van der Waals surface area contributed by atoms with E-state index in [-0.39, 0.29) is 12.5 Å². The summed E-state index contributed by atoms with van der Waals surface area (Å²) in [5.41, 5.74) is 11.1. The van der Waals surface area contributed by atoms with Crippen molar-refractivity contribution in [1.29, 1.82) is 0 Å². The van der Waals surface area contributed by atoms with Crippen molar-refractivity contribution in [2.45, 2.75) is 6.54 Å². The molecule has 0 bridgehead atoms. The molecule has 0 aromatic carbocycles. The Morgan fingerprint density at radius 3 is 2.90 bits per heavy atom. The molecule has 0 radical (unpaired) electrons. The van der Waals surface area contributed by atoms with E-state index in [2.05, 4.69) is 14.7 Å². The summed E-state index contributed by atoms with van der Waals surface area (Å²) in [6, 6.07) is 3.38. The van der Waals surface area contributed by atoms with Gasteiger partial charge in [-0.15, -0.1) is 11.3 Å². The Labute approximate surface area is 119 Å². The number of aromatic nitrogens is 1. The van der Waals surface area contributed by atoms with Crippen molar-refractivity contribution in [3.05, 3.63) is 23.3 Å². The predicted molar refractivity (Wildman–Crippen MR) is 77.0 cm³/mol. The van der Waals surface area contributed by atoms with Crippen LogP contribution < -0.4 is 16.2 Å². The van der Waals surface area contributed by atoms with Gasteiger partial charge in [-0.05, 0) is 12.1 Å². The normalized spacial score (nSPS) is 11.4. The van der Waals surface area contributed by atoms with Crippen LogP contribution in [0.1, 0.15) is 5.76 Å². The lowest BCUT2D eigenvalue weighted by Crippen LogP contribution is -2.21. The Morgan fingerprint density at radius 2 is 2.25 bits per heavy atom. The third-order valence-electron chi connectivity index (χ3n) is 2.14. The summed E-state index contributed by atoms with van der Waals surface area (Å²) in [6.45, 7) is 0.0870. The minimum Gasteiger partial charge on any atom is -0.458 e. The number of nitrogens with two attached hydrogens (primary N) is 2. The fourth-order valence-electron chi connectivity index (χ4n) is 1.35. The second-order valence-corrected chi connectivity index (χ2v) is 6.58. The monoisotopic (exact) mass is 315 g/mol. The fraction of sp³-hybridized carbons (Fsp3) is 0.200. The zero-order valence-corrected chi connectivity index (χ0v) is 12.2. The van der Waals surface area contributed by atoms with E-state index in [9.17, 15) is 8.42 Å². The van der Waals surface area contributed by atoms with Crippen LogP contribution in [-0.4, -0.2) is 25.6 Å². The number of nitrogens with one attached hydrogen (secondary N) is 1. The van der Waals surface area contributed by atoms with Crippen LogP contribution >= 0.6 is 11.3 Å². The Balaban J connectivity index is 2.12. The maximum atomic E-state index is 11.0. The van der Waals surface area contributed by atoms with Gasteiger partial charge in [0.05, 0.1) is 12.8 Å². The van der Waals surface area contributed by atoms with Crippen molar-refractivity contribution >= 4 is 32.5 Å². The highest BCUT2D eigenvalue weighted by molar-refractivity contribution is 7.88. The van der Waals surface area contributed by atoms with E-state index in [1.54, 1.807) is 17.5 Å². The molecule has 2 aromatic heterocycles. The zero-order valence-electron chi connectivity index (χ0n) is 10.5. The molecule has 5 N–H and O–H groups in total. The lowest BCUT2D eigenvalue weighted by Gasteiger charge is -1.98. The van der Waals surface area contributed by atoms with E-state index < -0.39 is 10.0 Å². The molecule has 0 amide bonds. The highest BCUT2D eigenvalue weighted by Gasteiger charge is 2.10. The zero-order chi connectivity index (χ0) is 14.8. The summed E-state index contributed by atoms with van der Waals surface area (Å²) in [5, 5.41) is 2.17. The largest absolute Gasteiger partial charge is 0.458 e. The number of furan rings is 1. The summed E-state index contributed by atoms with van der Waals surface area (Å²) >= 11 is 1.27. The average molecular weight is 315 g/mol. The van der Waals surface area contributed by atoms with Crippen molar-refractivity contribution in [3.63, 3.8) is 0 Å². The molecule has 108 valence electrons. The van der Waals surface area contributed by atoms with Crippen molar-refractivity contribution in [2.24, 2.45) is 16.5 Å². The van der Waals surface area contributed by atoms with E-state index in [0.29, 0.717) is 22.3 Å². The first-order valence-electron chi connectivity index (χ1n) is 5.42. The highest BCUT2D eigenvalue weighted by atomic mass is 32.2. The van der Waals surface area contributed by atoms with Crippen LogP contribution in [0.4, 0.5) is 5.13 Å². The van der Waals surface area contributed by atoms with Crippen molar-refractivity contribution < 1.29 is 12.8 Å². The molecule has 0 fully saturated rings. The van der Waals surface area contributed by atoms with Crippen LogP contribution in [0.15, 0.2) is 26.9 Å². The lowest BCUT2D eigenvalue weighted by molar-refractivity contribution is 0.509. The Bertz CT molecular complexity index is 728. The van der Waals surface area contributed by atoms with Crippen molar-refractivity contribution in [2.75, 3.05) is 6.26 Å². The lowest BCUT2D eigenvalue weighted by atomic mass is 10.3. The number of hydrogen-bond acceptors (Lipinski definition) is 6. The fourth-order valence-corrected chi connectivity index (χ4v) is 2.45. The summed E-state index contributed by atoms with van der Waals surface area (Å²) in [7, 11) is -3.26. The predicted octanol–water partition coefficient (Wildman–Crippen LogP) is 0.357. The van der Waals surface area contributed by atoms with E-state index in [1.807, 2.05) is 0 Å². The van der Waals surface area contributed by atoms with Gasteiger partial charge in [0.2, 0.25) is 15.2 Å². The number of guanidine groups is 1. The number of aliphatic imine (C=N–C) groups is 1. The first kappa shape index (κ1) is 14.5. The molecule has 0 aliphatic carbocycles. The molecule has 0 saturated carbocycles. The quantitative estimate of drug-likeness (QED) is 0.538. The molecule has 20 heavy (non-hydrogen) atoms. The van der Waals surface area contributed by atoms with Gasteiger partial charge in [0.15, 0.2) is 11.7 Å². The molecular formula is C10H13N5O3S2. The van der Waals surface area contributed by atoms with Crippen LogP contribution in [0.3, 0.4) is 0 Å². The maximum absolute atomic E-state index is 11.0. The van der Waals surface area contributed by atoms with Gasteiger partial charge in [-0.3, -0.25) is 0 Å². The Morgan fingerprint density at radius 1 is 1.50 bits per heavy atom. The maximum Gasteiger partial charge on any atom is 0.212 e. The van der Waals surface area contributed by atoms with Gasteiger partial charge in [0.1, 0.15) is 11.5 Å². The number of sulfonamides is 1. The molecule has 0 saturated heterocycles. The molecule has 0 unspecified atom stereocenters. The van der Waals surface area contributed by atoms with Crippen LogP contribution in [0.25, 0.3) is 11.5 Å². The molecule has 2 rings (SSSR count). The molecular weight excluding hydrogens is 302 g/mol. The Hall–Kier alpha value is -1.91. The van der Waals surface area contributed by atoms with Gasteiger partial charge >= 0.3 is 0 Å². The number of thiazole rings is 1. The van der Waals surface area contributed by atoms with Crippen LogP contribution in [0.2, 0.25) is 0 Å². The minimum atomic E-state index is -3.26. The summed E-state index contributed by atoms with van der Waals surface area (Å²) < 4.78 is 29.8. The van der Waals surface area contributed by atoms with E-state index in [4.69, 9.17) is 15.9 Å². The first-order chi connectivity index (χ1) is 9.33. The molecule has 10 heteroatoms. The third-order valence-corrected chi connectivity index (χ3v) is 3.54. The summed E-state index contributed by atoms with van der Waals surface area (Å²) in [6.07, 6.45) is 1.08.